The van der Waals surface area contributed by atoms with Gasteiger partial charge in [-0.05, 0) is 30.3 Å². The predicted octanol–water partition coefficient (Wildman–Crippen LogP) is 1.14. The van der Waals surface area contributed by atoms with Crippen molar-refractivity contribution in [2.24, 2.45) is 0 Å². The van der Waals surface area contributed by atoms with E-state index in [1.807, 2.05) is 36.4 Å². The van der Waals surface area contributed by atoms with E-state index >= 15 is 0 Å². The van der Waals surface area contributed by atoms with Crippen LogP contribution in [0.2, 0.25) is 0 Å². The van der Waals surface area contributed by atoms with Gasteiger partial charge in [-0.1, -0.05) is 12.1 Å². The predicted molar refractivity (Wildman–Crippen MR) is 156 cm³/mol. The summed E-state index contributed by atoms with van der Waals surface area (Å²) in [5, 5.41) is 28.0. The number of fused-ring (bicyclic) bond motifs is 2. The van der Waals surface area contributed by atoms with E-state index in [0.717, 1.165) is 59.4 Å². The second-order valence-electron chi connectivity index (χ2n) is 10.4. The van der Waals surface area contributed by atoms with Gasteiger partial charge in [-0.25, -0.2) is 25.0 Å². The van der Waals surface area contributed by atoms with E-state index in [4.69, 9.17) is 4.98 Å². The van der Waals surface area contributed by atoms with Gasteiger partial charge >= 0.3 is 0 Å². The number of aliphatic hydroxyl groups excluding tert-OH is 2. The standard InChI is InChI=1S/C29H39N7O4/c1-22(39)35(33-11-7-31(8-12-33)15-17-37)26-5-3-24-19-25-4-6-27(21-29(25)30-28(24)20-26)36(23(2)40)34-13-9-32(10-14-34)16-18-38/h3-6,19-21,37-38H,7-18H2,1-2H3. The molecule has 2 saturated heterocycles. The number of aliphatic hydroxyl groups is 2. The molecule has 0 aliphatic carbocycles. The van der Waals surface area contributed by atoms with E-state index in [1.165, 1.54) is 0 Å². The first-order valence-corrected chi connectivity index (χ1v) is 14.0. The molecule has 2 N–H and O–H groups in total. The minimum absolute atomic E-state index is 0.0609. The Morgan fingerprint density at radius 1 is 0.675 bits per heavy atom. The van der Waals surface area contributed by atoms with Crippen molar-refractivity contribution in [1.29, 1.82) is 0 Å². The summed E-state index contributed by atoms with van der Waals surface area (Å²) in [5.41, 5.74) is 3.09. The van der Waals surface area contributed by atoms with Crippen molar-refractivity contribution in [3.8, 4) is 0 Å². The lowest BCUT2D eigenvalue weighted by Gasteiger charge is -2.40. The second kappa shape index (κ2) is 12.5. The van der Waals surface area contributed by atoms with Crippen molar-refractivity contribution < 1.29 is 19.8 Å². The second-order valence-corrected chi connectivity index (χ2v) is 10.4. The zero-order chi connectivity index (χ0) is 28.2. The molecular weight excluding hydrogens is 510 g/mol. The van der Waals surface area contributed by atoms with Crippen molar-refractivity contribution in [3.05, 3.63) is 42.5 Å². The van der Waals surface area contributed by atoms with Crippen molar-refractivity contribution in [2.75, 3.05) is 88.7 Å². The van der Waals surface area contributed by atoms with Crippen LogP contribution in [-0.2, 0) is 9.59 Å². The van der Waals surface area contributed by atoms with Gasteiger partial charge in [0.1, 0.15) is 0 Å². The SMILES string of the molecule is CC(=O)N(c1ccc2cc3ccc(N(C(C)=O)N4CCN(CCO)CC4)cc3nc2c1)N1CCN(CCO)CC1. The Morgan fingerprint density at radius 2 is 1.07 bits per heavy atom. The fraction of sp³-hybridized carbons (Fsp3) is 0.483. The van der Waals surface area contributed by atoms with E-state index in [9.17, 15) is 19.8 Å². The van der Waals surface area contributed by atoms with Gasteiger partial charge in [-0.15, -0.1) is 0 Å². The third kappa shape index (κ3) is 6.09. The number of hydrogen-bond donors (Lipinski definition) is 2. The fourth-order valence-electron chi connectivity index (χ4n) is 5.76. The summed E-state index contributed by atoms with van der Waals surface area (Å²) in [6.07, 6.45) is 0. The Bertz CT molecular complexity index is 1250. The monoisotopic (exact) mass is 549 g/mol. The van der Waals surface area contributed by atoms with Crippen LogP contribution in [0.4, 0.5) is 11.4 Å². The minimum atomic E-state index is -0.0609. The Kier molecular flexibility index (Phi) is 8.89. The molecule has 0 radical (unpaired) electrons. The van der Waals surface area contributed by atoms with Crippen LogP contribution in [-0.4, -0.2) is 125 Å². The molecular formula is C29H39N7O4. The highest BCUT2D eigenvalue weighted by Crippen LogP contribution is 2.29. The summed E-state index contributed by atoms with van der Waals surface area (Å²) >= 11 is 0. The number of amides is 2. The minimum Gasteiger partial charge on any atom is -0.395 e. The third-order valence-corrected chi connectivity index (χ3v) is 7.76. The lowest BCUT2D eigenvalue weighted by molar-refractivity contribution is -0.121. The van der Waals surface area contributed by atoms with Gasteiger partial charge in [0, 0.05) is 90.1 Å². The number of pyridine rings is 1. The molecule has 2 fully saturated rings. The van der Waals surface area contributed by atoms with E-state index < -0.39 is 0 Å². The number of anilines is 2. The molecule has 0 spiro atoms. The maximum absolute atomic E-state index is 12.7. The van der Waals surface area contributed by atoms with Crippen LogP contribution in [0.3, 0.4) is 0 Å². The molecule has 0 bridgehead atoms. The van der Waals surface area contributed by atoms with Crippen LogP contribution >= 0.6 is 0 Å². The first-order chi connectivity index (χ1) is 19.4. The molecule has 5 rings (SSSR count). The van der Waals surface area contributed by atoms with E-state index in [1.54, 1.807) is 23.9 Å². The Hall–Kier alpha value is -3.19. The average Bonchev–Trinajstić information content (AvgIpc) is 2.94. The van der Waals surface area contributed by atoms with Gasteiger partial charge in [0.2, 0.25) is 11.8 Å². The molecule has 2 aliphatic heterocycles. The molecule has 2 amide bonds. The van der Waals surface area contributed by atoms with Crippen LogP contribution in [0.5, 0.6) is 0 Å². The number of β-amino-alcohol motifs (C(OH)–C–C–N with tert-alkyl or cyclic N) is 2. The number of nitrogens with zero attached hydrogens (tertiary/aromatic N) is 7. The maximum Gasteiger partial charge on any atom is 0.238 e. The molecule has 3 aromatic rings. The molecule has 1 aromatic heterocycles. The smallest absolute Gasteiger partial charge is 0.238 e. The van der Waals surface area contributed by atoms with Crippen LogP contribution in [0.15, 0.2) is 42.5 Å². The molecule has 2 aromatic carbocycles. The molecule has 11 nitrogen and oxygen atoms in total. The quantitative estimate of drug-likeness (QED) is 0.400. The van der Waals surface area contributed by atoms with E-state index in [0.29, 0.717) is 39.3 Å². The van der Waals surface area contributed by atoms with Crippen molar-refractivity contribution in [1.82, 2.24) is 24.8 Å². The average molecular weight is 550 g/mol. The number of aromatic nitrogens is 1. The number of rotatable bonds is 8. The zero-order valence-electron chi connectivity index (χ0n) is 23.4. The van der Waals surface area contributed by atoms with Gasteiger partial charge in [-0.2, -0.15) is 0 Å². The van der Waals surface area contributed by atoms with Crippen molar-refractivity contribution >= 4 is 45.0 Å². The summed E-state index contributed by atoms with van der Waals surface area (Å²) in [7, 11) is 0. The molecule has 0 atom stereocenters. The van der Waals surface area contributed by atoms with Gasteiger partial charge in [0.15, 0.2) is 0 Å². The van der Waals surface area contributed by atoms with Crippen LogP contribution < -0.4 is 10.0 Å². The van der Waals surface area contributed by atoms with Gasteiger partial charge < -0.3 is 10.2 Å². The number of benzene rings is 2. The summed E-state index contributed by atoms with van der Waals surface area (Å²) in [4.78, 5) is 34.8. The highest BCUT2D eigenvalue weighted by molar-refractivity contribution is 5.99. The zero-order valence-corrected chi connectivity index (χ0v) is 23.4. The molecule has 11 heteroatoms. The van der Waals surface area contributed by atoms with Gasteiger partial charge in [0.05, 0.1) is 35.6 Å². The Morgan fingerprint density at radius 3 is 1.43 bits per heavy atom. The summed E-state index contributed by atoms with van der Waals surface area (Å²) in [5.74, 6) is -0.122. The summed E-state index contributed by atoms with van der Waals surface area (Å²) in [6.45, 7) is 10.6. The van der Waals surface area contributed by atoms with Crippen LogP contribution in [0.1, 0.15) is 13.8 Å². The van der Waals surface area contributed by atoms with Crippen LogP contribution in [0.25, 0.3) is 21.8 Å². The largest absolute Gasteiger partial charge is 0.395 e. The molecule has 0 unspecified atom stereocenters. The Labute approximate surface area is 234 Å². The van der Waals surface area contributed by atoms with Crippen molar-refractivity contribution in [2.45, 2.75) is 13.8 Å². The molecule has 3 heterocycles. The lowest BCUT2D eigenvalue weighted by Crippen LogP contribution is -2.55. The topological polar surface area (TPSA) is 107 Å². The Balaban J connectivity index is 1.42. The first-order valence-electron chi connectivity index (χ1n) is 14.0. The molecule has 2 aliphatic rings. The van der Waals surface area contributed by atoms with E-state index in [-0.39, 0.29) is 25.0 Å². The van der Waals surface area contributed by atoms with Gasteiger partial charge in [-0.3, -0.25) is 19.4 Å². The van der Waals surface area contributed by atoms with E-state index in [2.05, 4.69) is 25.9 Å². The number of carbonyl (C=O) groups excluding carboxylic acids is 2. The first kappa shape index (κ1) is 28.3. The highest BCUT2D eigenvalue weighted by Gasteiger charge is 2.27. The third-order valence-electron chi connectivity index (χ3n) is 7.76. The maximum atomic E-state index is 12.7. The number of hydrazine groups is 2. The number of carbonyl (C=O) groups is 2. The molecule has 214 valence electrons. The normalized spacial score (nSPS) is 17.9. The summed E-state index contributed by atoms with van der Waals surface area (Å²) in [6, 6.07) is 13.9. The number of piperazine rings is 2. The lowest BCUT2D eigenvalue weighted by atomic mass is 10.1. The molecule has 0 saturated carbocycles. The fourth-order valence-corrected chi connectivity index (χ4v) is 5.76. The number of hydrogen-bond acceptors (Lipinski definition) is 9. The van der Waals surface area contributed by atoms with Crippen molar-refractivity contribution in [3.63, 3.8) is 0 Å². The highest BCUT2D eigenvalue weighted by atomic mass is 16.3. The van der Waals surface area contributed by atoms with Gasteiger partial charge in [0.25, 0.3) is 0 Å². The summed E-state index contributed by atoms with van der Waals surface area (Å²) < 4.78 is 0. The molecule has 40 heavy (non-hydrogen) atoms. The van der Waals surface area contributed by atoms with Crippen LogP contribution in [0, 0.1) is 0 Å².